The molecular formula is C7H13NO3. The largest absolute Gasteiger partial charge is 0.449 e. The van der Waals surface area contributed by atoms with Crippen molar-refractivity contribution in [2.75, 3.05) is 6.73 Å². The van der Waals surface area contributed by atoms with Crippen LogP contribution in [-0.2, 0) is 14.3 Å². The zero-order valence-corrected chi connectivity index (χ0v) is 6.79. The molecule has 0 radical (unpaired) electrons. The van der Waals surface area contributed by atoms with Crippen LogP contribution in [0.1, 0.15) is 20.3 Å². The first-order chi connectivity index (χ1) is 5.13. The topological polar surface area (TPSA) is 69.4 Å². The van der Waals surface area contributed by atoms with Crippen LogP contribution < -0.4 is 5.73 Å². The summed E-state index contributed by atoms with van der Waals surface area (Å²) in [5.74, 6) is -1.34. The van der Waals surface area contributed by atoms with Gasteiger partial charge in [-0.1, -0.05) is 6.92 Å². The Balaban J connectivity index is 4.03. The second kappa shape index (κ2) is 4.85. The van der Waals surface area contributed by atoms with Crippen molar-refractivity contribution >= 4 is 11.8 Å². The van der Waals surface area contributed by atoms with Crippen LogP contribution in [0.4, 0.5) is 0 Å². The first-order valence-electron chi connectivity index (χ1n) is 3.50. The third kappa shape index (κ3) is 3.13. The van der Waals surface area contributed by atoms with Gasteiger partial charge in [-0.15, -0.1) is 0 Å². The number of carbonyl (C=O) groups is 2. The summed E-state index contributed by atoms with van der Waals surface area (Å²) < 4.78 is 4.47. The van der Waals surface area contributed by atoms with E-state index in [1.165, 1.54) is 6.92 Å². The van der Waals surface area contributed by atoms with Gasteiger partial charge in [0.25, 0.3) is 0 Å². The van der Waals surface area contributed by atoms with Crippen LogP contribution >= 0.6 is 0 Å². The molecule has 0 aliphatic rings. The molecule has 64 valence electrons. The molecule has 1 unspecified atom stereocenters. The number of ether oxygens (including phenoxy) is 1. The molecule has 0 aromatic carbocycles. The maximum Gasteiger partial charge on any atom is 0.317 e. The maximum atomic E-state index is 10.9. The van der Waals surface area contributed by atoms with E-state index in [9.17, 15) is 9.59 Å². The van der Waals surface area contributed by atoms with Gasteiger partial charge in [-0.3, -0.25) is 15.3 Å². The Kier molecular flexibility index (Phi) is 4.45. The zero-order chi connectivity index (χ0) is 8.85. The molecule has 0 aromatic heterocycles. The van der Waals surface area contributed by atoms with Crippen LogP contribution in [0.25, 0.3) is 0 Å². The van der Waals surface area contributed by atoms with Crippen molar-refractivity contribution in [3.63, 3.8) is 0 Å². The molecule has 0 bridgehead atoms. The van der Waals surface area contributed by atoms with Gasteiger partial charge in [-0.05, 0) is 13.3 Å². The van der Waals surface area contributed by atoms with Crippen LogP contribution in [0.15, 0.2) is 0 Å². The molecule has 0 rings (SSSR count). The van der Waals surface area contributed by atoms with E-state index in [0.717, 1.165) is 0 Å². The Labute approximate surface area is 65.7 Å². The second-order valence-corrected chi connectivity index (χ2v) is 2.20. The normalized spacial score (nSPS) is 12.3. The molecule has 0 aromatic rings. The van der Waals surface area contributed by atoms with Gasteiger partial charge < -0.3 is 4.74 Å². The number of esters is 1. The van der Waals surface area contributed by atoms with E-state index in [4.69, 9.17) is 5.73 Å². The number of hydrogen-bond donors (Lipinski definition) is 1. The summed E-state index contributed by atoms with van der Waals surface area (Å²) in [4.78, 5) is 21.6. The summed E-state index contributed by atoms with van der Waals surface area (Å²) >= 11 is 0. The van der Waals surface area contributed by atoms with E-state index in [2.05, 4.69) is 4.74 Å². The highest BCUT2D eigenvalue weighted by atomic mass is 16.5. The van der Waals surface area contributed by atoms with Crippen molar-refractivity contribution in [2.45, 2.75) is 20.3 Å². The first kappa shape index (κ1) is 10.1. The standard InChI is InChI=1S/C7H13NO3/c1-3-6(5(2)9)7(10)11-4-8/h6H,3-4,8H2,1-2H3. The average Bonchev–Trinajstić information content (AvgIpc) is 1.88. The van der Waals surface area contributed by atoms with E-state index in [1.54, 1.807) is 6.92 Å². The third-order valence-electron chi connectivity index (χ3n) is 1.41. The molecule has 0 heterocycles. The van der Waals surface area contributed by atoms with Crippen LogP contribution in [0.3, 0.4) is 0 Å². The van der Waals surface area contributed by atoms with Crippen molar-refractivity contribution < 1.29 is 14.3 Å². The van der Waals surface area contributed by atoms with E-state index in [1.807, 2.05) is 0 Å². The van der Waals surface area contributed by atoms with Crippen LogP contribution in [0.5, 0.6) is 0 Å². The summed E-state index contributed by atoms with van der Waals surface area (Å²) in [5.41, 5.74) is 4.97. The van der Waals surface area contributed by atoms with E-state index < -0.39 is 11.9 Å². The minimum absolute atomic E-state index is 0.164. The molecule has 0 saturated carbocycles. The smallest absolute Gasteiger partial charge is 0.317 e. The molecule has 0 spiro atoms. The highest BCUT2D eigenvalue weighted by Gasteiger charge is 2.21. The molecule has 0 aliphatic heterocycles. The van der Waals surface area contributed by atoms with Crippen molar-refractivity contribution in [3.8, 4) is 0 Å². The highest BCUT2D eigenvalue weighted by Crippen LogP contribution is 2.05. The summed E-state index contributed by atoms with van der Waals surface area (Å²) in [6.07, 6.45) is 0.466. The molecule has 4 nitrogen and oxygen atoms in total. The van der Waals surface area contributed by atoms with Gasteiger partial charge in [-0.2, -0.15) is 0 Å². The average molecular weight is 159 g/mol. The quantitative estimate of drug-likeness (QED) is 0.358. The monoisotopic (exact) mass is 159 g/mol. The number of ketones is 1. The number of rotatable bonds is 4. The van der Waals surface area contributed by atoms with Crippen LogP contribution in [0.2, 0.25) is 0 Å². The Bertz CT molecular complexity index is 156. The van der Waals surface area contributed by atoms with Crippen LogP contribution in [-0.4, -0.2) is 18.5 Å². The summed E-state index contributed by atoms with van der Waals surface area (Å²) in [6.45, 7) is 2.96. The van der Waals surface area contributed by atoms with Gasteiger partial charge in [0.1, 0.15) is 18.4 Å². The van der Waals surface area contributed by atoms with Gasteiger partial charge >= 0.3 is 5.97 Å². The summed E-state index contributed by atoms with van der Waals surface area (Å²) in [7, 11) is 0. The molecule has 0 amide bonds. The van der Waals surface area contributed by atoms with E-state index in [-0.39, 0.29) is 12.5 Å². The summed E-state index contributed by atoms with van der Waals surface area (Å²) in [5, 5.41) is 0. The number of hydrogen-bond acceptors (Lipinski definition) is 4. The Hall–Kier alpha value is -0.900. The lowest BCUT2D eigenvalue weighted by Crippen LogP contribution is -2.25. The Morgan fingerprint density at radius 3 is 2.36 bits per heavy atom. The molecule has 11 heavy (non-hydrogen) atoms. The maximum absolute atomic E-state index is 10.9. The lowest BCUT2D eigenvalue weighted by Gasteiger charge is -2.08. The first-order valence-corrected chi connectivity index (χ1v) is 3.50. The van der Waals surface area contributed by atoms with Gasteiger partial charge in [-0.25, -0.2) is 0 Å². The molecule has 4 heteroatoms. The molecular weight excluding hydrogens is 146 g/mol. The fourth-order valence-electron chi connectivity index (χ4n) is 0.803. The van der Waals surface area contributed by atoms with Gasteiger partial charge in [0.2, 0.25) is 0 Å². The molecule has 1 atom stereocenters. The lowest BCUT2D eigenvalue weighted by atomic mass is 10.0. The number of carbonyl (C=O) groups excluding carboxylic acids is 2. The van der Waals surface area contributed by atoms with Crippen molar-refractivity contribution in [1.82, 2.24) is 0 Å². The second-order valence-electron chi connectivity index (χ2n) is 2.20. The third-order valence-corrected chi connectivity index (χ3v) is 1.41. The number of nitrogens with two attached hydrogens (primary N) is 1. The van der Waals surface area contributed by atoms with Gasteiger partial charge in [0, 0.05) is 0 Å². The Morgan fingerprint density at radius 1 is 1.55 bits per heavy atom. The summed E-state index contributed by atoms with van der Waals surface area (Å²) in [6, 6.07) is 0. The lowest BCUT2D eigenvalue weighted by molar-refractivity contribution is -0.151. The highest BCUT2D eigenvalue weighted by molar-refractivity contribution is 5.97. The molecule has 0 aliphatic carbocycles. The van der Waals surface area contributed by atoms with Crippen LogP contribution in [0, 0.1) is 5.92 Å². The zero-order valence-electron chi connectivity index (χ0n) is 6.79. The SMILES string of the molecule is CCC(C(C)=O)C(=O)OCN. The minimum atomic E-state index is -0.640. The van der Waals surface area contributed by atoms with Crippen molar-refractivity contribution in [2.24, 2.45) is 11.7 Å². The minimum Gasteiger partial charge on any atom is -0.449 e. The van der Waals surface area contributed by atoms with E-state index in [0.29, 0.717) is 6.42 Å². The van der Waals surface area contributed by atoms with Gasteiger partial charge in [0.05, 0.1) is 0 Å². The fraction of sp³-hybridized carbons (Fsp3) is 0.714. The van der Waals surface area contributed by atoms with Gasteiger partial charge in [0.15, 0.2) is 0 Å². The van der Waals surface area contributed by atoms with Crippen molar-refractivity contribution in [3.05, 3.63) is 0 Å². The fourth-order valence-corrected chi connectivity index (χ4v) is 0.803. The van der Waals surface area contributed by atoms with Crippen molar-refractivity contribution in [1.29, 1.82) is 0 Å². The van der Waals surface area contributed by atoms with E-state index >= 15 is 0 Å². The molecule has 2 N–H and O–H groups in total. The predicted molar refractivity (Wildman–Crippen MR) is 39.6 cm³/mol. The Morgan fingerprint density at radius 2 is 2.09 bits per heavy atom. The molecule has 0 saturated heterocycles. The molecule has 0 fully saturated rings. The predicted octanol–water partition coefficient (Wildman–Crippen LogP) is 0.0610. The number of Topliss-reactive ketones (excluding diaryl/α,β-unsaturated/α-hetero) is 1.